The topological polar surface area (TPSA) is 15.3 Å². The second kappa shape index (κ2) is 5.50. The summed E-state index contributed by atoms with van der Waals surface area (Å²) in [6.07, 6.45) is 4.40. The van der Waals surface area contributed by atoms with Crippen LogP contribution in [0.25, 0.3) is 0 Å². The Labute approximate surface area is 114 Å². The van der Waals surface area contributed by atoms with Crippen molar-refractivity contribution in [3.05, 3.63) is 0 Å². The van der Waals surface area contributed by atoms with E-state index in [1.165, 1.54) is 38.9 Å². The molecule has 0 spiro atoms. The van der Waals surface area contributed by atoms with Gasteiger partial charge in [-0.15, -0.1) is 0 Å². The van der Waals surface area contributed by atoms with Gasteiger partial charge in [0.2, 0.25) is 0 Å². The van der Waals surface area contributed by atoms with Crippen molar-refractivity contribution in [2.24, 2.45) is 17.3 Å². The smallest absolute Gasteiger partial charge is 0.0244 e. The maximum atomic E-state index is 3.79. The minimum atomic E-state index is 0.375. The van der Waals surface area contributed by atoms with Gasteiger partial charge in [-0.25, -0.2) is 0 Å². The van der Waals surface area contributed by atoms with E-state index in [1.807, 2.05) is 0 Å². The molecule has 0 bridgehead atoms. The van der Waals surface area contributed by atoms with Crippen molar-refractivity contribution in [1.82, 2.24) is 10.2 Å². The molecule has 0 aromatic rings. The molecule has 2 aliphatic rings. The summed E-state index contributed by atoms with van der Waals surface area (Å²) in [6, 6.07) is 1.39. The van der Waals surface area contributed by atoms with Crippen molar-refractivity contribution in [1.29, 1.82) is 0 Å². The van der Waals surface area contributed by atoms with Crippen molar-refractivity contribution < 1.29 is 0 Å². The van der Waals surface area contributed by atoms with Crippen LogP contribution in [0.3, 0.4) is 0 Å². The van der Waals surface area contributed by atoms with Gasteiger partial charge in [-0.1, -0.05) is 41.0 Å². The Hall–Kier alpha value is -0.0800. The van der Waals surface area contributed by atoms with E-state index in [9.17, 15) is 0 Å². The highest BCUT2D eigenvalue weighted by molar-refractivity contribution is 4.94. The fraction of sp³-hybridized carbons (Fsp3) is 1.00. The zero-order valence-corrected chi connectivity index (χ0v) is 13.0. The largest absolute Gasteiger partial charge is 0.311 e. The van der Waals surface area contributed by atoms with Crippen molar-refractivity contribution >= 4 is 0 Å². The SMILES string of the molecule is CC(C)C1CNC(C(C)(C)C)CN1CC1CCC1. The standard InChI is InChI=1S/C16H32N2/c1-12(2)14-9-17-15(16(3,4)5)11-18(14)10-13-7-6-8-13/h12-15,17H,6-11H2,1-5H3. The summed E-state index contributed by atoms with van der Waals surface area (Å²) in [4.78, 5) is 2.79. The Balaban J connectivity index is 1.98. The monoisotopic (exact) mass is 252 g/mol. The lowest BCUT2D eigenvalue weighted by atomic mass is 9.81. The van der Waals surface area contributed by atoms with Crippen LogP contribution in [-0.2, 0) is 0 Å². The van der Waals surface area contributed by atoms with E-state index in [2.05, 4.69) is 44.8 Å². The van der Waals surface area contributed by atoms with E-state index in [1.54, 1.807) is 0 Å². The fourth-order valence-corrected chi connectivity index (χ4v) is 3.28. The predicted octanol–water partition coefficient (Wildman–Crippen LogP) is 3.13. The van der Waals surface area contributed by atoms with Crippen molar-refractivity contribution in [2.45, 2.75) is 66.0 Å². The highest BCUT2D eigenvalue weighted by Gasteiger charge is 2.36. The van der Waals surface area contributed by atoms with Gasteiger partial charge in [0.1, 0.15) is 0 Å². The number of hydrogen-bond acceptors (Lipinski definition) is 2. The van der Waals surface area contributed by atoms with Gasteiger partial charge in [-0.2, -0.15) is 0 Å². The molecular weight excluding hydrogens is 220 g/mol. The first-order valence-corrected chi connectivity index (χ1v) is 7.85. The Morgan fingerprint density at radius 3 is 2.33 bits per heavy atom. The third-order valence-corrected chi connectivity index (χ3v) is 4.99. The van der Waals surface area contributed by atoms with Gasteiger partial charge in [-0.3, -0.25) is 4.90 Å². The number of piperazine rings is 1. The average molecular weight is 252 g/mol. The summed E-state index contributed by atoms with van der Waals surface area (Å²) in [5.41, 5.74) is 0.375. The molecule has 0 aromatic heterocycles. The van der Waals surface area contributed by atoms with Gasteiger partial charge >= 0.3 is 0 Å². The maximum absolute atomic E-state index is 3.79. The van der Waals surface area contributed by atoms with Gasteiger partial charge in [0.25, 0.3) is 0 Å². The van der Waals surface area contributed by atoms with Crippen LogP contribution in [0.5, 0.6) is 0 Å². The lowest BCUT2D eigenvalue weighted by molar-refractivity contribution is 0.0392. The molecule has 18 heavy (non-hydrogen) atoms. The molecule has 1 saturated heterocycles. The summed E-state index contributed by atoms with van der Waals surface area (Å²) in [5.74, 6) is 1.75. The van der Waals surface area contributed by atoms with Crippen LogP contribution >= 0.6 is 0 Å². The third-order valence-electron chi connectivity index (χ3n) is 4.99. The van der Waals surface area contributed by atoms with E-state index < -0.39 is 0 Å². The quantitative estimate of drug-likeness (QED) is 0.830. The van der Waals surface area contributed by atoms with E-state index in [0.29, 0.717) is 11.5 Å². The Morgan fingerprint density at radius 2 is 1.89 bits per heavy atom. The van der Waals surface area contributed by atoms with Gasteiger partial charge in [0.05, 0.1) is 0 Å². The van der Waals surface area contributed by atoms with Gasteiger partial charge in [0.15, 0.2) is 0 Å². The van der Waals surface area contributed by atoms with Gasteiger partial charge < -0.3 is 5.32 Å². The fourth-order valence-electron chi connectivity index (χ4n) is 3.28. The Kier molecular flexibility index (Phi) is 4.38. The molecule has 2 nitrogen and oxygen atoms in total. The predicted molar refractivity (Wildman–Crippen MR) is 78.8 cm³/mol. The second-order valence-electron chi connectivity index (χ2n) is 7.89. The first-order chi connectivity index (χ1) is 8.38. The Bertz CT molecular complexity index is 263. The molecule has 0 amide bonds. The van der Waals surface area contributed by atoms with Crippen LogP contribution in [0.4, 0.5) is 0 Å². The van der Waals surface area contributed by atoms with Crippen molar-refractivity contribution in [3.8, 4) is 0 Å². The summed E-state index contributed by atoms with van der Waals surface area (Å²) in [7, 11) is 0. The zero-order chi connectivity index (χ0) is 13.3. The summed E-state index contributed by atoms with van der Waals surface area (Å²) < 4.78 is 0. The number of nitrogens with one attached hydrogen (secondary N) is 1. The molecule has 2 atom stereocenters. The van der Waals surface area contributed by atoms with Crippen LogP contribution in [0.15, 0.2) is 0 Å². The van der Waals surface area contributed by atoms with E-state index in [4.69, 9.17) is 0 Å². The minimum absolute atomic E-state index is 0.375. The highest BCUT2D eigenvalue weighted by Crippen LogP contribution is 2.31. The first-order valence-electron chi connectivity index (χ1n) is 7.85. The summed E-state index contributed by atoms with van der Waals surface area (Å²) in [5, 5.41) is 3.79. The zero-order valence-electron chi connectivity index (χ0n) is 13.0. The average Bonchev–Trinajstić information content (AvgIpc) is 2.21. The molecule has 1 saturated carbocycles. The minimum Gasteiger partial charge on any atom is -0.311 e. The van der Waals surface area contributed by atoms with Crippen LogP contribution in [-0.4, -0.2) is 36.6 Å². The molecule has 0 radical (unpaired) electrons. The number of hydrogen-bond donors (Lipinski definition) is 1. The van der Waals surface area contributed by atoms with Crippen molar-refractivity contribution in [2.75, 3.05) is 19.6 Å². The number of nitrogens with zero attached hydrogens (tertiary/aromatic N) is 1. The van der Waals surface area contributed by atoms with E-state index >= 15 is 0 Å². The van der Waals surface area contributed by atoms with E-state index in [0.717, 1.165) is 17.9 Å². The van der Waals surface area contributed by atoms with Crippen LogP contribution in [0.1, 0.15) is 53.9 Å². The molecule has 1 N–H and O–H groups in total. The molecule has 106 valence electrons. The third kappa shape index (κ3) is 3.27. The first kappa shape index (κ1) is 14.3. The lowest BCUT2D eigenvalue weighted by Gasteiger charge is -2.48. The van der Waals surface area contributed by atoms with Gasteiger partial charge in [0, 0.05) is 31.7 Å². The van der Waals surface area contributed by atoms with Crippen LogP contribution < -0.4 is 5.32 Å². The normalized spacial score (nSPS) is 31.7. The molecular formula is C16H32N2. The highest BCUT2D eigenvalue weighted by atomic mass is 15.2. The molecule has 2 heteroatoms. The molecule has 2 fully saturated rings. The van der Waals surface area contributed by atoms with Crippen LogP contribution in [0, 0.1) is 17.3 Å². The molecule has 2 rings (SSSR count). The molecule has 1 aliphatic heterocycles. The molecule has 1 heterocycles. The van der Waals surface area contributed by atoms with Crippen molar-refractivity contribution in [3.63, 3.8) is 0 Å². The lowest BCUT2D eigenvalue weighted by Crippen LogP contribution is -2.62. The molecule has 0 aromatic carbocycles. The second-order valence-corrected chi connectivity index (χ2v) is 7.89. The number of rotatable bonds is 3. The molecule has 2 unspecified atom stereocenters. The molecule has 1 aliphatic carbocycles. The van der Waals surface area contributed by atoms with Crippen LogP contribution in [0.2, 0.25) is 0 Å². The van der Waals surface area contributed by atoms with E-state index in [-0.39, 0.29) is 0 Å². The summed E-state index contributed by atoms with van der Waals surface area (Å²) in [6.45, 7) is 15.6. The van der Waals surface area contributed by atoms with Gasteiger partial charge in [-0.05, 0) is 30.1 Å². The summed E-state index contributed by atoms with van der Waals surface area (Å²) >= 11 is 0. The Morgan fingerprint density at radius 1 is 1.22 bits per heavy atom. The maximum Gasteiger partial charge on any atom is 0.0244 e.